The van der Waals surface area contributed by atoms with Gasteiger partial charge in [-0.3, -0.25) is 0 Å². The molecule has 0 bridgehead atoms. The maximum atomic E-state index is 8.64. The standard InChI is InChI=1S/C40H31N2O.C11H8N.Ir/c1-40(2,3)25-26-16-18-27(19-17-26)28-22-23-41-33(24-28)30-13-9-14-32-38-36(43-39(30)32)21-20-35-37(38)31-12-7-8-15-34(31)42(35)29-10-5-4-6-11-29;1-2-6-10(7-3-1)11-8-4-5-9-12-11;/h4-12,14-24H,25H2,1-3H3;1-6,8-9H;/q2*-1;/i25D2;;. The van der Waals surface area contributed by atoms with Gasteiger partial charge in [0.05, 0.1) is 16.6 Å². The van der Waals surface area contributed by atoms with Crippen molar-refractivity contribution in [1.82, 2.24) is 14.5 Å². The van der Waals surface area contributed by atoms with Crippen LogP contribution >= 0.6 is 0 Å². The number of hydrogen-bond acceptors (Lipinski definition) is 3. The second-order valence-corrected chi connectivity index (χ2v) is 14.6. The molecule has 275 valence electrons. The first-order valence-corrected chi connectivity index (χ1v) is 18.5. The number of rotatable bonds is 5. The molecule has 0 unspecified atom stereocenters. The van der Waals surface area contributed by atoms with Gasteiger partial charge in [0, 0.05) is 57.1 Å². The SMILES string of the molecule is [2H]C([2H])(c1ccc(-c2ccnc(-c3[c-]ccc4c3oc3ccc5c(c6ccccc6n5-c5ccccc5)c34)c2)cc1)C(C)(C)C.[Ir].[c-]1ccccc1-c1ccccn1. The zero-order valence-electron chi connectivity index (χ0n) is 33.2. The van der Waals surface area contributed by atoms with E-state index in [1.807, 2.05) is 112 Å². The summed E-state index contributed by atoms with van der Waals surface area (Å²) in [5.41, 5.74) is 10.7. The number of aromatic nitrogens is 3. The molecule has 1 radical (unpaired) electrons. The predicted octanol–water partition coefficient (Wildman–Crippen LogP) is 13.3. The van der Waals surface area contributed by atoms with Crippen LogP contribution < -0.4 is 0 Å². The number of furan rings is 1. The van der Waals surface area contributed by atoms with E-state index in [0.717, 1.165) is 72.3 Å². The largest absolute Gasteiger partial charge is 0.501 e. The zero-order valence-corrected chi connectivity index (χ0v) is 33.6. The summed E-state index contributed by atoms with van der Waals surface area (Å²) in [6, 6.07) is 59.3. The van der Waals surface area contributed by atoms with Crippen molar-refractivity contribution in [3.8, 4) is 39.3 Å². The van der Waals surface area contributed by atoms with Gasteiger partial charge < -0.3 is 19.0 Å². The van der Waals surface area contributed by atoms with E-state index in [-0.39, 0.29) is 20.1 Å². The van der Waals surface area contributed by atoms with Crippen molar-refractivity contribution < 1.29 is 27.3 Å². The first-order chi connectivity index (χ1) is 27.7. The molecule has 4 aromatic heterocycles. The number of hydrogen-bond donors (Lipinski definition) is 0. The molecule has 0 saturated heterocycles. The maximum absolute atomic E-state index is 8.64. The number of nitrogens with zero attached hydrogens (tertiary/aromatic N) is 3. The minimum absolute atomic E-state index is 0. The molecule has 0 atom stereocenters. The fourth-order valence-electron chi connectivity index (χ4n) is 7.34. The van der Waals surface area contributed by atoms with Gasteiger partial charge in [0.1, 0.15) is 5.58 Å². The molecule has 0 amide bonds. The molecule has 0 fully saturated rings. The molecule has 10 rings (SSSR count). The molecular formula is C51H39IrN3O-2. The Bertz CT molecular complexity index is 2970. The minimum Gasteiger partial charge on any atom is -0.501 e. The third kappa shape index (κ3) is 7.20. The summed E-state index contributed by atoms with van der Waals surface area (Å²) in [6.07, 6.45) is 2.16. The Morgan fingerprint density at radius 3 is 2.16 bits per heavy atom. The van der Waals surface area contributed by atoms with Crippen molar-refractivity contribution in [2.24, 2.45) is 5.41 Å². The normalized spacial score (nSPS) is 12.2. The van der Waals surface area contributed by atoms with Crippen molar-refractivity contribution >= 4 is 43.7 Å². The van der Waals surface area contributed by atoms with Crippen LogP contribution in [0.5, 0.6) is 0 Å². The van der Waals surface area contributed by atoms with E-state index >= 15 is 0 Å². The summed E-state index contributed by atoms with van der Waals surface area (Å²) < 4.78 is 26.2. The molecule has 5 heteroatoms. The summed E-state index contributed by atoms with van der Waals surface area (Å²) >= 11 is 0. The Hall–Kier alpha value is -6.13. The maximum Gasteiger partial charge on any atom is 0.121 e. The van der Waals surface area contributed by atoms with Crippen LogP contribution in [0, 0.1) is 17.5 Å². The second-order valence-electron chi connectivity index (χ2n) is 14.6. The van der Waals surface area contributed by atoms with Crippen molar-refractivity contribution in [3.63, 3.8) is 0 Å². The molecule has 0 N–H and O–H groups in total. The van der Waals surface area contributed by atoms with Crippen LogP contribution in [-0.4, -0.2) is 14.5 Å². The smallest absolute Gasteiger partial charge is 0.121 e. The van der Waals surface area contributed by atoms with Gasteiger partial charge in [-0.15, -0.1) is 54.1 Å². The molecule has 0 aliphatic rings. The van der Waals surface area contributed by atoms with E-state index in [9.17, 15) is 0 Å². The Kier molecular flexibility index (Phi) is 9.54. The van der Waals surface area contributed by atoms with Gasteiger partial charge in [0.2, 0.25) is 0 Å². The Balaban J connectivity index is 0.000000309. The van der Waals surface area contributed by atoms with Gasteiger partial charge in [0.15, 0.2) is 0 Å². The third-order valence-corrected chi connectivity index (χ3v) is 9.65. The van der Waals surface area contributed by atoms with Crippen LogP contribution in [0.4, 0.5) is 0 Å². The summed E-state index contributed by atoms with van der Waals surface area (Å²) in [7, 11) is 0. The van der Waals surface area contributed by atoms with Crippen molar-refractivity contribution in [3.05, 3.63) is 188 Å². The van der Waals surface area contributed by atoms with E-state index in [0.29, 0.717) is 5.56 Å². The van der Waals surface area contributed by atoms with Crippen LogP contribution in [0.2, 0.25) is 0 Å². The van der Waals surface area contributed by atoms with Crippen molar-refractivity contribution in [2.75, 3.05) is 0 Å². The predicted molar refractivity (Wildman–Crippen MR) is 227 cm³/mol. The Labute approximate surface area is 343 Å². The van der Waals surface area contributed by atoms with Crippen molar-refractivity contribution in [1.29, 1.82) is 0 Å². The first-order valence-electron chi connectivity index (χ1n) is 19.5. The summed E-state index contributed by atoms with van der Waals surface area (Å²) in [4.78, 5) is 8.96. The topological polar surface area (TPSA) is 43.9 Å². The Morgan fingerprint density at radius 2 is 1.39 bits per heavy atom. The third-order valence-electron chi connectivity index (χ3n) is 9.65. The fourth-order valence-corrected chi connectivity index (χ4v) is 7.34. The van der Waals surface area contributed by atoms with Crippen LogP contribution in [-0.2, 0) is 26.5 Å². The number of benzene rings is 6. The van der Waals surface area contributed by atoms with E-state index in [1.165, 1.54) is 10.8 Å². The molecule has 4 nitrogen and oxygen atoms in total. The quantitative estimate of drug-likeness (QED) is 0.162. The minimum atomic E-state index is -1.44. The summed E-state index contributed by atoms with van der Waals surface area (Å²) in [6.45, 7) is 5.78. The van der Waals surface area contributed by atoms with E-state index in [2.05, 4.69) is 94.5 Å². The fraction of sp³-hybridized carbons (Fsp3) is 0.0980. The van der Waals surface area contributed by atoms with Crippen LogP contribution in [0.15, 0.2) is 175 Å². The molecular weight excluding hydrogens is 863 g/mol. The molecule has 10 aromatic rings. The first kappa shape index (κ1) is 34.4. The summed E-state index contributed by atoms with van der Waals surface area (Å²) in [5, 5.41) is 4.46. The average Bonchev–Trinajstić information content (AvgIpc) is 3.80. The molecule has 0 saturated carbocycles. The molecule has 0 aliphatic carbocycles. The van der Waals surface area contributed by atoms with Gasteiger partial charge in [0.25, 0.3) is 0 Å². The second kappa shape index (κ2) is 15.5. The van der Waals surface area contributed by atoms with Crippen LogP contribution in [0.3, 0.4) is 0 Å². The van der Waals surface area contributed by atoms with Crippen molar-refractivity contribution in [2.45, 2.75) is 27.1 Å². The van der Waals surface area contributed by atoms with E-state index < -0.39 is 11.8 Å². The number of pyridine rings is 2. The number of para-hydroxylation sites is 2. The van der Waals surface area contributed by atoms with Gasteiger partial charge in [-0.25, -0.2) is 0 Å². The average molecular weight is 904 g/mol. The molecule has 6 aromatic carbocycles. The molecule has 4 heterocycles. The van der Waals surface area contributed by atoms with Crippen LogP contribution in [0.1, 0.15) is 29.1 Å². The number of fused-ring (bicyclic) bond motifs is 7. The van der Waals surface area contributed by atoms with E-state index in [1.54, 1.807) is 6.20 Å². The van der Waals surface area contributed by atoms with Gasteiger partial charge in [-0.1, -0.05) is 111 Å². The van der Waals surface area contributed by atoms with Gasteiger partial charge >= 0.3 is 0 Å². The molecule has 0 aliphatic heterocycles. The molecule has 56 heavy (non-hydrogen) atoms. The van der Waals surface area contributed by atoms with Gasteiger partial charge in [-0.05, 0) is 82.3 Å². The monoisotopic (exact) mass is 904 g/mol. The zero-order chi connectivity index (χ0) is 39.1. The molecule has 0 spiro atoms. The van der Waals surface area contributed by atoms with E-state index in [4.69, 9.17) is 12.1 Å². The Morgan fingerprint density at radius 1 is 0.625 bits per heavy atom. The van der Waals surface area contributed by atoms with Gasteiger partial charge in [-0.2, -0.15) is 0 Å². The summed E-state index contributed by atoms with van der Waals surface area (Å²) in [5.74, 6) is 0. The van der Waals surface area contributed by atoms with Crippen LogP contribution in [0.25, 0.3) is 83.1 Å².